The van der Waals surface area contributed by atoms with Gasteiger partial charge in [-0.1, -0.05) is 6.58 Å². The smallest absolute Gasteiger partial charge is 0.330 e. The summed E-state index contributed by atoms with van der Waals surface area (Å²) in [6.07, 6.45) is 2.16. The molecule has 2 heterocycles. The normalized spacial score (nSPS) is 10.3. The van der Waals surface area contributed by atoms with Crippen LogP contribution in [0.25, 0.3) is 5.78 Å². The summed E-state index contributed by atoms with van der Waals surface area (Å²) in [6, 6.07) is 1.21. The zero-order valence-corrected chi connectivity index (χ0v) is 10.9. The first kappa shape index (κ1) is 14.4. The zero-order chi connectivity index (χ0) is 15.2. The number of H-pyrrole nitrogens is 1. The maximum atomic E-state index is 11.6. The summed E-state index contributed by atoms with van der Waals surface area (Å²) in [5.74, 6) is -1.01. The molecule has 0 fully saturated rings. The van der Waals surface area contributed by atoms with E-state index in [2.05, 4.69) is 26.4 Å². The summed E-state index contributed by atoms with van der Waals surface area (Å²) in [5, 5.41) is 2.58. The fourth-order valence-corrected chi connectivity index (χ4v) is 1.51. The van der Waals surface area contributed by atoms with Crippen LogP contribution < -0.4 is 5.56 Å². The van der Waals surface area contributed by atoms with Gasteiger partial charge >= 0.3 is 11.9 Å². The van der Waals surface area contributed by atoms with Crippen molar-refractivity contribution >= 4 is 17.7 Å². The van der Waals surface area contributed by atoms with Crippen LogP contribution in [0.3, 0.4) is 0 Å². The molecule has 9 nitrogen and oxygen atoms in total. The molecule has 0 aliphatic rings. The summed E-state index contributed by atoms with van der Waals surface area (Å²) in [6.45, 7) is 3.08. The molecule has 2 aromatic heterocycles. The predicted octanol–water partition coefficient (Wildman–Crippen LogP) is -0.767. The van der Waals surface area contributed by atoms with Crippen LogP contribution in [0.2, 0.25) is 0 Å². The minimum Gasteiger partial charge on any atom is -0.462 e. The molecule has 0 aliphatic carbocycles. The molecule has 0 saturated heterocycles. The van der Waals surface area contributed by atoms with Gasteiger partial charge < -0.3 is 9.47 Å². The average Bonchev–Trinajstić information content (AvgIpc) is 2.92. The average molecular weight is 292 g/mol. The lowest BCUT2D eigenvalue weighted by molar-refractivity contribution is -0.149. The first-order valence-electron chi connectivity index (χ1n) is 5.97. The van der Waals surface area contributed by atoms with Gasteiger partial charge in [0.2, 0.25) is 0 Å². The molecule has 0 saturated carbocycles. The molecule has 0 aromatic carbocycles. The fourth-order valence-electron chi connectivity index (χ4n) is 1.51. The van der Waals surface area contributed by atoms with Gasteiger partial charge in [0.05, 0.1) is 12.1 Å². The van der Waals surface area contributed by atoms with Crippen molar-refractivity contribution in [3.05, 3.63) is 41.1 Å². The highest BCUT2D eigenvalue weighted by Crippen LogP contribution is 1.97. The van der Waals surface area contributed by atoms with Crippen LogP contribution in [0.4, 0.5) is 0 Å². The number of nitrogens with one attached hydrogen (secondary N) is 1. The molecule has 0 atom stereocenters. The summed E-state index contributed by atoms with van der Waals surface area (Å²) >= 11 is 0. The highest BCUT2D eigenvalue weighted by Gasteiger charge is 2.10. The van der Waals surface area contributed by atoms with E-state index in [0.29, 0.717) is 0 Å². The molecule has 21 heavy (non-hydrogen) atoms. The second kappa shape index (κ2) is 6.46. The number of rotatable bonds is 6. The number of carbonyl (C=O) groups is 2. The van der Waals surface area contributed by atoms with Gasteiger partial charge in [-0.15, -0.1) is 0 Å². The maximum absolute atomic E-state index is 11.6. The van der Waals surface area contributed by atoms with Gasteiger partial charge in [-0.25, -0.2) is 14.8 Å². The lowest BCUT2D eigenvalue weighted by Gasteiger charge is -2.04. The molecule has 0 bridgehead atoms. The first-order chi connectivity index (χ1) is 10.1. The molecule has 2 aromatic rings. The van der Waals surface area contributed by atoms with E-state index in [9.17, 15) is 14.4 Å². The first-order valence-corrected chi connectivity index (χ1v) is 5.97. The van der Waals surface area contributed by atoms with Crippen LogP contribution >= 0.6 is 0 Å². The van der Waals surface area contributed by atoms with Gasteiger partial charge in [0, 0.05) is 12.1 Å². The minimum absolute atomic E-state index is 0.0644. The van der Waals surface area contributed by atoms with E-state index in [1.165, 1.54) is 12.4 Å². The zero-order valence-electron chi connectivity index (χ0n) is 10.9. The highest BCUT2D eigenvalue weighted by atomic mass is 16.6. The van der Waals surface area contributed by atoms with Crippen molar-refractivity contribution in [1.29, 1.82) is 0 Å². The number of aromatic nitrogens is 4. The van der Waals surface area contributed by atoms with Gasteiger partial charge in [-0.3, -0.25) is 14.7 Å². The van der Waals surface area contributed by atoms with Crippen LogP contribution in [-0.2, 0) is 25.5 Å². The molecule has 0 radical (unpaired) electrons. The molecule has 2 rings (SSSR count). The van der Waals surface area contributed by atoms with Crippen LogP contribution in [0.15, 0.2) is 29.8 Å². The minimum atomic E-state index is -0.593. The number of fused-ring (bicyclic) bond motifs is 1. The van der Waals surface area contributed by atoms with E-state index in [-0.39, 0.29) is 36.7 Å². The van der Waals surface area contributed by atoms with Gasteiger partial charge in [0.1, 0.15) is 19.5 Å². The van der Waals surface area contributed by atoms with Gasteiger partial charge in [-0.05, 0) is 0 Å². The lowest BCUT2D eigenvalue weighted by Crippen LogP contribution is -2.19. The van der Waals surface area contributed by atoms with Crippen molar-refractivity contribution in [2.24, 2.45) is 0 Å². The monoisotopic (exact) mass is 292 g/mol. The standard InChI is InChI=1S/C12H12N4O5/c1-2-10(18)20-3-4-21-11(19)6-8-5-9(17)16-12(15-8)13-7-14-16/h2,5,7H,1,3-4,6H2,(H,13,14,15). The number of hydrogen-bond acceptors (Lipinski definition) is 7. The molecule has 0 amide bonds. The molecule has 0 aliphatic heterocycles. The highest BCUT2D eigenvalue weighted by molar-refractivity contribution is 5.81. The quantitative estimate of drug-likeness (QED) is 0.422. The van der Waals surface area contributed by atoms with Gasteiger partial charge in [-0.2, -0.15) is 4.52 Å². The van der Waals surface area contributed by atoms with Gasteiger partial charge in [0.25, 0.3) is 11.3 Å². The summed E-state index contributed by atoms with van der Waals surface area (Å²) in [7, 11) is 0. The third-order valence-electron chi connectivity index (χ3n) is 2.40. The fraction of sp³-hybridized carbons (Fsp3) is 0.250. The summed E-state index contributed by atoms with van der Waals surface area (Å²) in [5.41, 5.74) is -0.125. The summed E-state index contributed by atoms with van der Waals surface area (Å²) < 4.78 is 10.6. The van der Waals surface area contributed by atoms with Crippen molar-refractivity contribution in [1.82, 2.24) is 19.6 Å². The van der Waals surface area contributed by atoms with E-state index < -0.39 is 11.9 Å². The Labute approximate surface area is 118 Å². The Balaban J connectivity index is 1.88. The number of esters is 2. The van der Waals surface area contributed by atoms with Crippen LogP contribution in [0.1, 0.15) is 5.69 Å². The summed E-state index contributed by atoms with van der Waals surface area (Å²) in [4.78, 5) is 41.8. The molecular formula is C12H12N4O5. The Morgan fingerprint density at radius 1 is 1.38 bits per heavy atom. The predicted molar refractivity (Wildman–Crippen MR) is 69.4 cm³/mol. The third-order valence-corrected chi connectivity index (χ3v) is 2.40. The molecule has 1 N–H and O–H groups in total. The van der Waals surface area contributed by atoms with Crippen molar-refractivity contribution < 1.29 is 19.1 Å². The Morgan fingerprint density at radius 2 is 2.14 bits per heavy atom. The van der Waals surface area contributed by atoms with E-state index in [1.54, 1.807) is 0 Å². The maximum Gasteiger partial charge on any atom is 0.330 e. The number of nitrogens with zero attached hydrogens (tertiary/aromatic N) is 3. The van der Waals surface area contributed by atoms with Gasteiger partial charge in [0.15, 0.2) is 0 Å². The Morgan fingerprint density at radius 3 is 2.90 bits per heavy atom. The van der Waals surface area contributed by atoms with Crippen molar-refractivity contribution in [3.8, 4) is 0 Å². The number of carbonyl (C=O) groups excluding carboxylic acids is 2. The van der Waals surface area contributed by atoms with Crippen molar-refractivity contribution in [2.45, 2.75) is 6.42 Å². The SMILES string of the molecule is C=CC(=O)OCCOC(=O)Cc1cc(=O)n2[nH]cnc2n1. The third kappa shape index (κ3) is 3.75. The molecule has 110 valence electrons. The number of ether oxygens (including phenoxy) is 2. The van der Waals surface area contributed by atoms with Crippen LogP contribution in [-0.4, -0.2) is 44.7 Å². The van der Waals surface area contributed by atoms with E-state index >= 15 is 0 Å². The van der Waals surface area contributed by atoms with E-state index in [1.807, 2.05) is 0 Å². The molecule has 0 unspecified atom stereocenters. The Hall–Kier alpha value is -2.97. The van der Waals surface area contributed by atoms with E-state index in [4.69, 9.17) is 4.74 Å². The van der Waals surface area contributed by atoms with E-state index in [0.717, 1.165) is 10.6 Å². The topological polar surface area (TPSA) is 116 Å². The second-order valence-corrected chi connectivity index (χ2v) is 3.88. The molecule has 9 heteroatoms. The number of hydrogen-bond donors (Lipinski definition) is 1. The largest absolute Gasteiger partial charge is 0.462 e. The number of aromatic amines is 1. The van der Waals surface area contributed by atoms with Crippen molar-refractivity contribution in [3.63, 3.8) is 0 Å². The molecule has 0 spiro atoms. The Bertz CT molecular complexity index is 733. The Kier molecular flexibility index (Phi) is 4.44. The van der Waals surface area contributed by atoms with Crippen molar-refractivity contribution in [2.75, 3.05) is 13.2 Å². The van der Waals surface area contributed by atoms with Crippen LogP contribution in [0.5, 0.6) is 0 Å². The lowest BCUT2D eigenvalue weighted by atomic mass is 10.3. The second-order valence-electron chi connectivity index (χ2n) is 3.88. The molecular weight excluding hydrogens is 280 g/mol. The van der Waals surface area contributed by atoms with Crippen LogP contribution in [0, 0.1) is 0 Å².